The Morgan fingerprint density at radius 2 is 2.00 bits per heavy atom. The van der Waals surface area contributed by atoms with Crippen LogP contribution in [0.3, 0.4) is 0 Å². The zero-order valence-electron chi connectivity index (χ0n) is 21.1. The van der Waals surface area contributed by atoms with Gasteiger partial charge in [0, 0.05) is 32.0 Å². The zero-order valence-corrected chi connectivity index (χ0v) is 21.1. The summed E-state index contributed by atoms with van der Waals surface area (Å²) in [6, 6.07) is 10.2. The molecule has 2 aromatic carbocycles. The Bertz CT molecular complexity index is 1310. The van der Waals surface area contributed by atoms with Crippen molar-refractivity contribution < 1.29 is 22.7 Å². The Morgan fingerprint density at radius 3 is 2.65 bits per heavy atom. The highest BCUT2D eigenvalue weighted by Gasteiger charge is 2.50. The first-order valence-corrected chi connectivity index (χ1v) is 12.4. The number of fused-ring (bicyclic) bond motifs is 1. The molecule has 0 radical (unpaired) electrons. The number of nitrogens with zero attached hydrogens (tertiary/aromatic N) is 4. The maximum atomic E-state index is 14.0. The van der Waals surface area contributed by atoms with E-state index in [9.17, 15) is 18.0 Å². The van der Waals surface area contributed by atoms with E-state index in [4.69, 9.17) is 4.74 Å². The quantitative estimate of drug-likeness (QED) is 0.446. The van der Waals surface area contributed by atoms with Gasteiger partial charge in [-0.25, -0.2) is 0 Å². The average molecular weight is 514 g/mol. The highest BCUT2D eigenvalue weighted by Crippen LogP contribution is 2.50. The van der Waals surface area contributed by atoms with Gasteiger partial charge in [-0.15, -0.1) is 10.2 Å². The van der Waals surface area contributed by atoms with Gasteiger partial charge in [-0.1, -0.05) is 19.1 Å². The molecule has 0 spiro atoms. The lowest BCUT2D eigenvalue weighted by Crippen LogP contribution is -2.48. The van der Waals surface area contributed by atoms with Crippen LogP contribution >= 0.6 is 0 Å². The van der Waals surface area contributed by atoms with Crippen LogP contribution in [0.2, 0.25) is 0 Å². The molecule has 7 nitrogen and oxygen atoms in total. The lowest BCUT2D eigenvalue weighted by Gasteiger charge is -2.46. The van der Waals surface area contributed by atoms with Gasteiger partial charge in [0.25, 0.3) is 5.91 Å². The third-order valence-electron chi connectivity index (χ3n) is 7.50. The Morgan fingerprint density at radius 1 is 1.22 bits per heavy atom. The molecule has 1 aliphatic carbocycles. The number of anilines is 1. The van der Waals surface area contributed by atoms with E-state index in [2.05, 4.69) is 15.5 Å². The number of ether oxygens (including phenoxy) is 1. The highest BCUT2D eigenvalue weighted by molar-refractivity contribution is 6.10. The summed E-state index contributed by atoms with van der Waals surface area (Å²) < 4.78 is 49.5. The van der Waals surface area contributed by atoms with E-state index in [0.717, 1.165) is 23.9 Å². The van der Waals surface area contributed by atoms with E-state index in [1.807, 2.05) is 36.7 Å². The van der Waals surface area contributed by atoms with Crippen molar-refractivity contribution in [2.75, 3.05) is 18.6 Å². The van der Waals surface area contributed by atoms with E-state index in [1.165, 1.54) is 4.90 Å². The van der Waals surface area contributed by atoms with E-state index in [0.29, 0.717) is 30.6 Å². The monoisotopic (exact) mass is 513 g/mol. The van der Waals surface area contributed by atoms with Crippen molar-refractivity contribution in [2.45, 2.75) is 57.0 Å². The SMILES string of the molecule is CCCNCc1cc2c(c(C(F)(F)F)c1)CN(c1cccc([C@]3(c4nncn4C)C[C@H](OC)C3)c1)C2=O. The lowest BCUT2D eigenvalue weighted by molar-refractivity contribution is -0.138. The standard InChI is InChI=1S/C27H30F3N5O2/c1-4-8-31-14-17-9-21-22(23(10-17)27(28,29)30)15-35(24(21)36)19-7-5-6-18(11-19)26(12-20(13-26)37-3)25-33-32-16-34(25)2/h5-7,9-11,16,20,31H,4,8,12-15H2,1-3H3/t20-,26-. The normalized spacial score (nSPS) is 21.3. The molecule has 1 N–H and O–H groups in total. The van der Waals surface area contributed by atoms with Crippen LogP contribution in [0.4, 0.5) is 18.9 Å². The van der Waals surface area contributed by atoms with Crippen LogP contribution in [0.5, 0.6) is 0 Å². The van der Waals surface area contributed by atoms with Crippen LogP contribution < -0.4 is 10.2 Å². The number of carbonyl (C=O) groups is 1. The predicted molar refractivity (Wildman–Crippen MR) is 132 cm³/mol. The fourth-order valence-corrected chi connectivity index (χ4v) is 5.56. The summed E-state index contributed by atoms with van der Waals surface area (Å²) in [6.07, 6.45) is -0.597. The Labute approximate surface area is 213 Å². The average Bonchev–Trinajstić information content (AvgIpc) is 3.41. The predicted octanol–water partition coefficient (Wildman–Crippen LogP) is 4.59. The minimum absolute atomic E-state index is 0.0215. The van der Waals surface area contributed by atoms with Gasteiger partial charge >= 0.3 is 6.18 Å². The molecule has 0 bridgehead atoms. The molecular formula is C27H30F3N5O2. The molecule has 5 rings (SSSR count). The third kappa shape index (κ3) is 4.42. The first kappa shape index (κ1) is 25.4. The summed E-state index contributed by atoms with van der Waals surface area (Å²) in [5, 5.41) is 11.5. The fourth-order valence-electron chi connectivity index (χ4n) is 5.56. The lowest BCUT2D eigenvalue weighted by atomic mass is 9.62. The summed E-state index contributed by atoms with van der Waals surface area (Å²) >= 11 is 0. The molecule has 3 aromatic rings. The molecule has 1 aromatic heterocycles. The number of carbonyl (C=O) groups excluding carboxylic acids is 1. The maximum absolute atomic E-state index is 14.0. The number of nitrogens with one attached hydrogen (secondary N) is 1. The van der Waals surface area contributed by atoms with Gasteiger partial charge < -0.3 is 19.5 Å². The molecular weight excluding hydrogens is 483 g/mol. The molecule has 2 aliphatic rings. The van der Waals surface area contributed by atoms with Crippen LogP contribution in [-0.2, 0) is 36.5 Å². The number of alkyl halides is 3. The zero-order chi connectivity index (χ0) is 26.4. The molecule has 2 heterocycles. The second-order valence-corrected chi connectivity index (χ2v) is 9.90. The third-order valence-corrected chi connectivity index (χ3v) is 7.50. The first-order valence-electron chi connectivity index (χ1n) is 12.4. The molecule has 1 saturated carbocycles. The molecule has 196 valence electrons. The molecule has 0 unspecified atom stereocenters. The van der Waals surface area contributed by atoms with Gasteiger partial charge in [0.2, 0.25) is 0 Å². The second kappa shape index (κ2) is 9.57. The van der Waals surface area contributed by atoms with Crippen LogP contribution in [0.25, 0.3) is 0 Å². The van der Waals surface area contributed by atoms with Gasteiger partial charge in [-0.3, -0.25) is 4.79 Å². The van der Waals surface area contributed by atoms with Gasteiger partial charge in [0.05, 0.1) is 23.6 Å². The minimum Gasteiger partial charge on any atom is -0.381 e. The van der Waals surface area contributed by atoms with Gasteiger partial charge in [-0.2, -0.15) is 13.2 Å². The topological polar surface area (TPSA) is 72.3 Å². The fraction of sp³-hybridized carbons (Fsp3) is 0.444. The summed E-state index contributed by atoms with van der Waals surface area (Å²) in [5.74, 6) is 0.364. The number of aromatic nitrogens is 3. The second-order valence-electron chi connectivity index (χ2n) is 9.90. The van der Waals surface area contributed by atoms with Gasteiger partial charge in [-0.05, 0) is 66.8 Å². The first-order chi connectivity index (χ1) is 17.7. The van der Waals surface area contributed by atoms with E-state index in [-0.39, 0.29) is 30.3 Å². The van der Waals surface area contributed by atoms with Gasteiger partial charge in [0.15, 0.2) is 0 Å². The van der Waals surface area contributed by atoms with Crippen molar-refractivity contribution in [3.63, 3.8) is 0 Å². The number of amides is 1. The van der Waals surface area contributed by atoms with Crippen LogP contribution in [0, 0.1) is 0 Å². The molecule has 0 atom stereocenters. The highest BCUT2D eigenvalue weighted by atomic mass is 19.4. The maximum Gasteiger partial charge on any atom is 0.416 e. The van der Waals surface area contributed by atoms with Crippen molar-refractivity contribution in [3.05, 3.63) is 76.4 Å². The molecule has 1 amide bonds. The summed E-state index contributed by atoms with van der Waals surface area (Å²) in [4.78, 5) is 14.9. The number of benzene rings is 2. The molecule has 10 heteroatoms. The smallest absolute Gasteiger partial charge is 0.381 e. The van der Waals surface area contributed by atoms with E-state index < -0.39 is 23.1 Å². The van der Waals surface area contributed by atoms with Crippen LogP contribution in [0.1, 0.15) is 64.6 Å². The number of halogens is 3. The molecule has 1 aliphatic heterocycles. The van der Waals surface area contributed by atoms with E-state index >= 15 is 0 Å². The molecule has 37 heavy (non-hydrogen) atoms. The van der Waals surface area contributed by atoms with Crippen molar-refractivity contribution in [2.24, 2.45) is 7.05 Å². The Kier molecular flexibility index (Phi) is 6.57. The van der Waals surface area contributed by atoms with Crippen LogP contribution in [-0.4, -0.2) is 40.4 Å². The summed E-state index contributed by atoms with van der Waals surface area (Å²) in [6.45, 7) is 2.81. The van der Waals surface area contributed by atoms with Crippen molar-refractivity contribution in [1.29, 1.82) is 0 Å². The number of aryl methyl sites for hydroxylation is 1. The van der Waals surface area contributed by atoms with Crippen LogP contribution in [0.15, 0.2) is 42.7 Å². The van der Waals surface area contributed by atoms with Crippen molar-refractivity contribution in [1.82, 2.24) is 20.1 Å². The molecule has 1 fully saturated rings. The Hall–Kier alpha value is -3.24. The number of hydrogen-bond donors (Lipinski definition) is 1. The summed E-state index contributed by atoms with van der Waals surface area (Å²) in [5.41, 5.74) is 0.867. The number of rotatable bonds is 8. The van der Waals surface area contributed by atoms with Crippen molar-refractivity contribution >= 4 is 11.6 Å². The van der Waals surface area contributed by atoms with Gasteiger partial charge in [0.1, 0.15) is 12.2 Å². The van der Waals surface area contributed by atoms with Crippen molar-refractivity contribution in [3.8, 4) is 0 Å². The summed E-state index contributed by atoms with van der Waals surface area (Å²) in [7, 11) is 3.55. The van der Waals surface area contributed by atoms with E-state index in [1.54, 1.807) is 25.6 Å². The number of hydrogen-bond acceptors (Lipinski definition) is 5. The Balaban J connectivity index is 1.51. The number of methoxy groups -OCH3 is 1. The molecule has 0 saturated heterocycles. The minimum atomic E-state index is -4.56. The largest absolute Gasteiger partial charge is 0.416 e.